The molecule has 0 aliphatic rings. The number of hydrogen-bond donors (Lipinski definition) is 0. The van der Waals surface area contributed by atoms with E-state index in [9.17, 15) is 4.79 Å². The van der Waals surface area contributed by atoms with E-state index in [2.05, 4.69) is 20.8 Å². The van der Waals surface area contributed by atoms with E-state index in [4.69, 9.17) is 4.74 Å². The molecular weight excluding hydrogens is 512 g/mol. The van der Waals surface area contributed by atoms with Crippen LogP contribution in [0.4, 0.5) is 0 Å². The van der Waals surface area contributed by atoms with Gasteiger partial charge in [0.25, 0.3) is 0 Å². The number of carbonyl (C=O) groups is 1. The maximum atomic E-state index is 11.9. The fourth-order valence-electron chi connectivity index (χ4n) is 6.21. The molecule has 0 aliphatic carbocycles. The van der Waals surface area contributed by atoms with Gasteiger partial charge in [-0.2, -0.15) is 0 Å². The van der Waals surface area contributed by atoms with Crippen LogP contribution in [0.25, 0.3) is 0 Å². The molecule has 0 fully saturated rings. The van der Waals surface area contributed by atoms with Crippen molar-refractivity contribution >= 4 is 5.97 Å². The van der Waals surface area contributed by atoms with Crippen molar-refractivity contribution in [3.63, 3.8) is 0 Å². The third-order valence-electron chi connectivity index (χ3n) is 9.17. The van der Waals surface area contributed by atoms with Crippen LogP contribution in [0.5, 0.6) is 0 Å². The van der Waals surface area contributed by atoms with Crippen LogP contribution in [0, 0.1) is 5.92 Å². The molecule has 0 aromatic carbocycles. The van der Waals surface area contributed by atoms with E-state index >= 15 is 0 Å². The van der Waals surface area contributed by atoms with Crippen LogP contribution in [0.1, 0.15) is 239 Å². The summed E-state index contributed by atoms with van der Waals surface area (Å²) in [6.45, 7) is 7.59. The first kappa shape index (κ1) is 41.5. The van der Waals surface area contributed by atoms with Gasteiger partial charge in [0.1, 0.15) is 0 Å². The van der Waals surface area contributed by atoms with Crippen LogP contribution in [-0.2, 0) is 9.53 Å². The van der Waals surface area contributed by atoms with Gasteiger partial charge in [0, 0.05) is 6.42 Å². The van der Waals surface area contributed by atoms with E-state index in [0.29, 0.717) is 13.0 Å². The molecule has 0 aromatic heterocycles. The molecule has 0 saturated carbocycles. The van der Waals surface area contributed by atoms with Gasteiger partial charge in [-0.05, 0) is 18.8 Å². The summed E-state index contributed by atoms with van der Waals surface area (Å²) in [5.74, 6) is 0.912. The molecule has 0 spiro atoms. The van der Waals surface area contributed by atoms with E-state index in [0.717, 1.165) is 18.8 Å². The normalized spacial score (nSPS) is 11.5. The lowest BCUT2D eigenvalue weighted by Gasteiger charge is -2.06. The van der Waals surface area contributed by atoms with Gasteiger partial charge in [0.2, 0.25) is 0 Å². The molecule has 0 radical (unpaired) electrons. The molecule has 2 nitrogen and oxygen atoms in total. The Balaban J connectivity index is 3.11. The third kappa shape index (κ3) is 37.5. The zero-order valence-electron chi connectivity index (χ0n) is 29.6. The molecule has 0 atom stereocenters. The Hall–Kier alpha value is -0.530. The number of esters is 1. The average Bonchev–Trinajstić information content (AvgIpc) is 2.98. The SMILES string of the molecule is CCCCCCCCCCCC(=O)OCCCCCCCCCCCCCCCCCCCCCCCCCC(C)C. The fraction of sp³-hybridized carbons (Fsp3) is 0.975. The van der Waals surface area contributed by atoms with E-state index in [1.165, 1.54) is 199 Å². The largest absolute Gasteiger partial charge is 0.466 e. The van der Waals surface area contributed by atoms with E-state index in [-0.39, 0.29) is 5.97 Å². The molecule has 0 saturated heterocycles. The van der Waals surface area contributed by atoms with Crippen molar-refractivity contribution in [1.29, 1.82) is 0 Å². The molecule has 0 N–H and O–H groups in total. The molecule has 42 heavy (non-hydrogen) atoms. The molecule has 0 rings (SSSR count). The molecule has 252 valence electrons. The highest BCUT2D eigenvalue weighted by atomic mass is 16.5. The molecule has 0 aromatic rings. The van der Waals surface area contributed by atoms with E-state index in [1.807, 2.05) is 0 Å². The number of carbonyl (C=O) groups excluding carboxylic acids is 1. The smallest absolute Gasteiger partial charge is 0.305 e. The number of hydrogen-bond acceptors (Lipinski definition) is 2. The van der Waals surface area contributed by atoms with Crippen molar-refractivity contribution in [2.75, 3.05) is 6.61 Å². The van der Waals surface area contributed by atoms with Gasteiger partial charge < -0.3 is 4.74 Å². The summed E-state index contributed by atoms with van der Waals surface area (Å²) in [4.78, 5) is 11.9. The first-order chi connectivity index (χ1) is 20.7. The molecule has 0 amide bonds. The Kier molecular flexibility index (Phi) is 36.2. The Bertz CT molecular complexity index is 500. The number of unbranched alkanes of at least 4 members (excludes halogenated alkanes) is 30. The summed E-state index contributed by atoms with van der Waals surface area (Å²) >= 11 is 0. The monoisotopic (exact) mass is 593 g/mol. The predicted molar refractivity (Wildman–Crippen MR) is 188 cm³/mol. The standard InChI is InChI=1S/C40H80O2/c1-4-5-6-7-8-24-28-31-34-37-40(41)42-38-35-32-29-26-23-21-19-17-15-13-11-9-10-12-14-16-18-20-22-25-27-30-33-36-39(2)3/h39H,4-38H2,1-3H3. The molecule has 0 heterocycles. The van der Waals surface area contributed by atoms with Crippen molar-refractivity contribution in [3.8, 4) is 0 Å². The summed E-state index contributed by atoms with van der Waals surface area (Å²) in [6.07, 6.45) is 46.2. The summed E-state index contributed by atoms with van der Waals surface area (Å²) < 4.78 is 5.43. The molecule has 2 heteroatoms. The topological polar surface area (TPSA) is 26.3 Å². The lowest BCUT2D eigenvalue weighted by atomic mass is 10.0. The minimum absolute atomic E-state index is 0.0251. The third-order valence-corrected chi connectivity index (χ3v) is 9.17. The minimum atomic E-state index is 0.0251. The highest BCUT2D eigenvalue weighted by molar-refractivity contribution is 5.69. The summed E-state index contributed by atoms with van der Waals surface area (Å²) in [6, 6.07) is 0. The summed E-state index contributed by atoms with van der Waals surface area (Å²) in [5, 5.41) is 0. The van der Waals surface area contributed by atoms with Crippen molar-refractivity contribution in [2.24, 2.45) is 5.92 Å². The highest BCUT2D eigenvalue weighted by Gasteiger charge is 2.03. The zero-order valence-corrected chi connectivity index (χ0v) is 29.6. The number of rotatable bonds is 36. The van der Waals surface area contributed by atoms with Crippen LogP contribution in [-0.4, -0.2) is 12.6 Å². The summed E-state index contributed by atoms with van der Waals surface area (Å²) in [7, 11) is 0. The van der Waals surface area contributed by atoms with Crippen LogP contribution in [0.15, 0.2) is 0 Å². The van der Waals surface area contributed by atoms with E-state index in [1.54, 1.807) is 0 Å². The van der Waals surface area contributed by atoms with Crippen LogP contribution < -0.4 is 0 Å². The highest BCUT2D eigenvalue weighted by Crippen LogP contribution is 2.16. The quantitative estimate of drug-likeness (QED) is 0.0534. The Labute approximate surface area is 266 Å². The van der Waals surface area contributed by atoms with Gasteiger partial charge in [0.15, 0.2) is 0 Å². The maximum absolute atomic E-state index is 11.9. The van der Waals surface area contributed by atoms with Gasteiger partial charge in [-0.1, -0.05) is 220 Å². The van der Waals surface area contributed by atoms with Crippen molar-refractivity contribution in [2.45, 2.75) is 239 Å². The average molecular weight is 593 g/mol. The first-order valence-corrected chi connectivity index (χ1v) is 19.8. The lowest BCUT2D eigenvalue weighted by molar-refractivity contribution is -0.143. The van der Waals surface area contributed by atoms with Crippen molar-refractivity contribution < 1.29 is 9.53 Å². The van der Waals surface area contributed by atoms with Gasteiger partial charge in [-0.3, -0.25) is 4.79 Å². The van der Waals surface area contributed by atoms with Crippen LogP contribution in [0.2, 0.25) is 0 Å². The van der Waals surface area contributed by atoms with Crippen LogP contribution in [0.3, 0.4) is 0 Å². The molecule has 0 bridgehead atoms. The van der Waals surface area contributed by atoms with E-state index < -0.39 is 0 Å². The van der Waals surface area contributed by atoms with Crippen LogP contribution >= 0.6 is 0 Å². The number of ether oxygens (including phenoxy) is 1. The predicted octanol–water partition coefficient (Wildman–Crippen LogP) is 14.5. The second-order valence-corrected chi connectivity index (χ2v) is 14.1. The molecular formula is C40H80O2. The maximum Gasteiger partial charge on any atom is 0.305 e. The van der Waals surface area contributed by atoms with Gasteiger partial charge in [-0.15, -0.1) is 0 Å². The van der Waals surface area contributed by atoms with Gasteiger partial charge >= 0.3 is 5.97 Å². The van der Waals surface area contributed by atoms with Gasteiger partial charge in [-0.25, -0.2) is 0 Å². The minimum Gasteiger partial charge on any atom is -0.466 e. The second kappa shape index (κ2) is 36.7. The van der Waals surface area contributed by atoms with Gasteiger partial charge in [0.05, 0.1) is 6.61 Å². The zero-order chi connectivity index (χ0) is 30.6. The molecule has 0 unspecified atom stereocenters. The lowest BCUT2D eigenvalue weighted by Crippen LogP contribution is -2.05. The van der Waals surface area contributed by atoms with Crippen molar-refractivity contribution in [3.05, 3.63) is 0 Å². The first-order valence-electron chi connectivity index (χ1n) is 19.8. The summed E-state index contributed by atoms with van der Waals surface area (Å²) in [5.41, 5.74) is 0. The molecule has 0 aliphatic heterocycles. The Morgan fingerprint density at radius 1 is 0.405 bits per heavy atom. The second-order valence-electron chi connectivity index (χ2n) is 14.1. The Morgan fingerprint density at radius 3 is 1.02 bits per heavy atom. The van der Waals surface area contributed by atoms with Crippen molar-refractivity contribution in [1.82, 2.24) is 0 Å². The fourth-order valence-corrected chi connectivity index (χ4v) is 6.21. The Morgan fingerprint density at radius 2 is 0.690 bits per heavy atom.